The molecule has 0 spiro atoms. The summed E-state index contributed by atoms with van der Waals surface area (Å²) >= 11 is 6.08. The fourth-order valence-electron chi connectivity index (χ4n) is 3.97. The first-order valence-electron chi connectivity index (χ1n) is 10.0. The van der Waals surface area contributed by atoms with Gasteiger partial charge in [-0.3, -0.25) is 9.48 Å². The quantitative estimate of drug-likeness (QED) is 0.644. The molecule has 0 bridgehead atoms. The molecule has 1 fully saturated rings. The molecule has 3 aromatic rings. The van der Waals surface area contributed by atoms with Crippen LogP contribution in [-0.4, -0.2) is 26.6 Å². The third-order valence-electron chi connectivity index (χ3n) is 5.56. The van der Waals surface area contributed by atoms with Crippen LogP contribution in [0.4, 0.5) is 5.69 Å². The van der Waals surface area contributed by atoms with E-state index < -0.39 is 0 Å². The van der Waals surface area contributed by atoms with Crippen molar-refractivity contribution in [1.29, 1.82) is 5.26 Å². The summed E-state index contributed by atoms with van der Waals surface area (Å²) in [6.45, 7) is 0.498. The lowest BCUT2D eigenvalue weighted by molar-refractivity contribution is 0.0667. The number of para-hydroxylation sites is 1. The number of halogens is 1. The van der Waals surface area contributed by atoms with Gasteiger partial charge in [-0.15, -0.1) is 0 Å². The van der Waals surface area contributed by atoms with Gasteiger partial charge in [0.25, 0.3) is 5.91 Å². The molecule has 1 atom stereocenters. The number of hydrogen-bond donors (Lipinski definition) is 1. The van der Waals surface area contributed by atoms with Gasteiger partial charge in [-0.25, -0.2) is 0 Å². The molecule has 0 saturated heterocycles. The SMILES string of the molecule is N#CCCn1cc(C2Nc3ccccc3C(=O)N2C2CC2)c(-c2ccc(Cl)cc2)n1. The van der Waals surface area contributed by atoms with E-state index in [1.807, 2.05) is 59.6 Å². The average Bonchev–Trinajstić information content (AvgIpc) is 3.51. The monoisotopic (exact) mass is 417 g/mol. The fourth-order valence-corrected chi connectivity index (χ4v) is 4.10. The zero-order valence-corrected chi connectivity index (χ0v) is 17.0. The zero-order valence-electron chi connectivity index (χ0n) is 16.3. The Hall–Kier alpha value is -3.30. The van der Waals surface area contributed by atoms with Gasteiger partial charge in [-0.05, 0) is 37.1 Å². The van der Waals surface area contributed by atoms with Crippen LogP contribution in [0.1, 0.15) is 41.3 Å². The molecule has 1 aromatic heterocycles. The highest BCUT2D eigenvalue weighted by Gasteiger charge is 2.43. The number of amides is 1. The second-order valence-electron chi connectivity index (χ2n) is 7.65. The molecule has 6 nitrogen and oxygen atoms in total. The molecule has 1 aliphatic carbocycles. The maximum Gasteiger partial charge on any atom is 0.258 e. The minimum atomic E-state index is -0.318. The fraction of sp³-hybridized carbons (Fsp3) is 0.261. The standard InChI is InChI=1S/C23H20ClN5O/c24-16-8-6-15(7-9-16)21-19(14-28(27-21)13-3-12-25)22-26-20-5-2-1-4-18(20)23(30)29(22)17-10-11-17/h1-2,4-9,14,17,22,26H,3,10-11,13H2. The predicted molar refractivity (Wildman–Crippen MR) is 115 cm³/mol. The molecule has 2 aliphatic rings. The van der Waals surface area contributed by atoms with Crippen molar-refractivity contribution in [2.24, 2.45) is 0 Å². The predicted octanol–water partition coefficient (Wildman–Crippen LogP) is 4.85. The Kier molecular flexibility index (Phi) is 4.68. The summed E-state index contributed by atoms with van der Waals surface area (Å²) < 4.78 is 1.79. The molecule has 1 saturated carbocycles. The maximum absolute atomic E-state index is 13.4. The summed E-state index contributed by atoms with van der Waals surface area (Å²) in [6.07, 6.45) is 4.01. The van der Waals surface area contributed by atoms with Crippen LogP contribution in [0.15, 0.2) is 54.7 Å². The highest BCUT2D eigenvalue weighted by Crippen LogP contribution is 2.42. The molecule has 1 unspecified atom stereocenters. The van der Waals surface area contributed by atoms with Crippen LogP contribution >= 0.6 is 11.6 Å². The number of fused-ring (bicyclic) bond motifs is 1. The highest BCUT2D eigenvalue weighted by molar-refractivity contribution is 6.30. The van der Waals surface area contributed by atoms with Gasteiger partial charge in [0.2, 0.25) is 0 Å². The third-order valence-corrected chi connectivity index (χ3v) is 5.81. The van der Waals surface area contributed by atoms with Crippen LogP contribution < -0.4 is 5.32 Å². The third kappa shape index (κ3) is 3.31. The number of carbonyl (C=O) groups excluding carboxylic acids is 1. The van der Waals surface area contributed by atoms with Crippen molar-refractivity contribution < 1.29 is 4.79 Å². The Balaban J connectivity index is 1.62. The van der Waals surface area contributed by atoms with E-state index in [0.29, 0.717) is 23.6 Å². The second-order valence-corrected chi connectivity index (χ2v) is 8.08. The smallest absolute Gasteiger partial charge is 0.258 e. The van der Waals surface area contributed by atoms with E-state index in [4.69, 9.17) is 22.0 Å². The van der Waals surface area contributed by atoms with Crippen molar-refractivity contribution >= 4 is 23.2 Å². The van der Waals surface area contributed by atoms with E-state index in [2.05, 4.69) is 11.4 Å². The Morgan fingerprint density at radius 3 is 2.67 bits per heavy atom. The van der Waals surface area contributed by atoms with Crippen LogP contribution in [0.2, 0.25) is 5.02 Å². The average molecular weight is 418 g/mol. The van der Waals surface area contributed by atoms with Crippen LogP contribution in [0.3, 0.4) is 0 Å². The van der Waals surface area contributed by atoms with Crippen molar-refractivity contribution in [2.75, 3.05) is 5.32 Å². The highest BCUT2D eigenvalue weighted by atomic mass is 35.5. The Bertz CT molecular complexity index is 1140. The van der Waals surface area contributed by atoms with Gasteiger partial charge in [0.05, 0.1) is 30.3 Å². The van der Waals surface area contributed by atoms with E-state index in [9.17, 15) is 4.79 Å². The number of anilines is 1. The lowest BCUT2D eigenvalue weighted by atomic mass is 10.0. The molecule has 2 aromatic carbocycles. The summed E-state index contributed by atoms with van der Waals surface area (Å²) in [4.78, 5) is 15.3. The number of hydrogen-bond acceptors (Lipinski definition) is 4. The molecule has 1 amide bonds. The molecule has 5 rings (SSSR count). The topological polar surface area (TPSA) is 74.0 Å². The van der Waals surface area contributed by atoms with Gasteiger partial charge in [0.15, 0.2) is 0 Å². The van der Waals surface area contributed by atoms with Crippen molar-refractivity contribution in [1.82, 2.24) is 14.7 Å². The van der Waals surface area contributed by atoms with Gasteiger partial charge in [0, 0.05) is 34.1 Å². The van der Waals surface area contributed by atoms with Crippen LogP contribution in [-0.2, 0) is 6.54 Å². The summed E-state index contributed by atoms with van der Waals surface area (Å²) in [5, 5.41) is 18.0. The van der Waals surface area contributed by atoms with Crippen LogP contribution in [0.5, 0.6) is 0 Å². The first kappa shape index (κ1) is 18.7. The number of aromatic nitrogens is 2. The van der Waals surface area contributed by atoms with Gasteiger partial charge < -0.3 is 10.2 Å². The molecular formula is C23H20ClN5O. The first-order valence-corrected chi connectivity index (χ1v) is 10.4. The summed E-state index contributed by atoms with van der Waals surface area (Å²) in [6, 6.07) is 17.6. The lowest BCUT2D eigenvalue weighted by Crippen LogP contribution is -2.44. The van der Waals surface area contributed by atoms with E-state index in [0.717, 1.165) is 35.3 Å². The minimum absolute atomic E-state index is 0.0451. The van der Waals surface area contributed by atoms with Gasteiger partial charge in [-0.1, -0.05) is 35.9 Å². The number of rotatable bonds is 5. The van der Waals surface area contributed by atoms with Gasteiger partial charge in [-0.2, -0.15) is 10.4 Å². The zero-order chi connectivity index (χ0) is 20.7. The Morgan fingerprint density at radius 2 is 1.93 bits per heavy atom. The summed E-state index contributed by atoms with van der Waals surface area (Å²) in [5.41, 5.74) is 4.17. The van der Waals surface area contributed by atoms with Crippen LogP contribution in [0.25, 0.3) is 11.3 Å². The summed E-state index contributed by atoms with van der Waals surface area (Å²) in [7, 11) is 0. The van der Waals surface area contributed by atoms with E-state index in [1.54, 1.807) is 4.68 Å². The lowest BCUT2D eigenvalue weighted by Gasteiger charge is -2.38. The Morgan fingerprint density at radius 1 is 1.17 bits per heavy atom. The maximum atomic E-state index is 13.4. The molecule has 1 aliphatic heterocycles. The minimum Gasteiger partial charge on any atom is -0.361 e. The molecule has 150 valence electrons. The molecule has 30 heavy (non-hydrogen) atoms. The second kappa shape index (κ2) is 7.51. The molecule has 2 heterocycles. The van der Waals surface area contributed by atoms with E-state index >= 15 is 0 Å². The molecule has 1 N–H and O–H groups in total. The number of nitrogens with one attached hydrogen (secondary N) is 1. The molecular weight excluding hydrogens is 398 g/mol. The number of aryl methyl sites for hydroxylation is 1. The normalized spacial score (nSPS) is 17.9. The first-order chi connectivity index (χ1) is 14.7. The molecule has 7 heteroatoms. The van der Waals surface area contributed by atoms with Crippen molar-refractivity contribution in [3.63, 3.8) is 0 Å². The van der Waals surface area contributed by atoms with Gasteiger partial charge in [0.1, 0.15) is 6.17 Å². The van der Waals surface area contributed by atoms with Crippen molar-refractivity contribution in [2.45, 2.75) is 38.0 Å². The largest absolute Gasteiger partial charge is 0.361 e. The number of benzene rings is 2. The van der Waals surface area contributed by atoms with Crippen molar-refractivity contribution in [3.05, 3.63) is 70.9 Å². The molecule has 0 radical (unpaired) electrons. The van der Waals surface area contributed by atoms with Crippen LogP contribution in [0, 0.1) is 11.3 Å². The summed E-state index contributed by atoms with van der Waals surface area (Å²) in [5.74, 6) is 0.0451. The Labute approximate surface area is 179 Å². The van der Waals surface area contributed by atoms with E-state index in [1.165, 1.54) is 0 Å². The van der Waals surface area contributed by atoms with E-state index in [-0.39, 0.29) is 18.1 Å². The number of nitrogens with zero attached hydrogens (tertiary/aromatic N) is 4. The number of nitriles is 1. The van der Waals surface area contributed by atoms with Gasteiger partial charge >= 0.3 is 0 Å². The van der Waals surface area contributed by atoms with Crippen molar-refractivity contribution in [3.8, 4) is 17.3 Å². The number of carbonyl (C=O) groups is 1.